The molecule has 0 heterocycles. The molecule has 2 aromatic rings. The normalized spacial score (nSPS) is 10.8. The van der Waals surface area contributed by atoms with Crippen LogP contribution in [-0.4, -0.2) is 5.11 Å². The highest BCUT2D eigenvalue weighted by Gasteiger charge is 2.21. The van der Waals surface area contributed by atoms with Gasteiger partial charge in [-0.2, -0.15) is 0 Å². The quantitative estimate of drug-likeness (QED) is 0.532. The van der Waals surface area contributed by atoms with Crippen LogP contribution in [0.5, 0.6) is 5.75 Å². The van der Waals surface area contributed by atoms with E-state index in [2.05, 4.69) is 0 Å². The van der Waals surface area contributed by atoms with Gasteiger partial charge in [-0.05, 0) is 18.2 Å². The van der Waals surface area contributed by atoms with Gasteiger partial charge in [-0.3, -0.25) is 0 Å². The maximum Gasteiger partial charge on any atom is 0.145 e. The van der Waals surface area contributed by atoms with Gasteiger partial charge in [0, 0.05) is 16.1 Å². The molecule has 100 valence electrons. The molecule has 2 rings (SSSR count). The summed E-state index contributed by atoms with van der Waals surface area (Å²) in [6.07, 6.45) is 0. The predicted molar refractivity (Wildman–Crippen MR) is 83.6 cm³/mol. The third kappa shape index (κ3) is 2.87. The molecule has 0 spiro atoms. The summed E-state index contributed by atoms with van der Waals surface area (Å²) in [7, 11) is 0. The number of benzene rings is 2. The maximum absolute atomic E-state index is 10.1. The van der Waals surface area contributed by atoms with E-state index < -0.39 is 0 Å². The van der Waals surface area contributed by atoms with Crippen LogP contribution in [0.15, 0.2) is 18.2 Å². The summed E-state index contributed by atoms with van der Waals surface area (Å²) in [4.78, 5) is 0. The molecule has 1 nitrogen and oxygen atoms in total. The second-order valence-electron chi connectivity index (χ2n) is 3.62. The Morgan fingerprint density at radius 2 is 1.11 bits per heavy atom. The van der Waals surface area contributed by atoms with Gasteiger partial charge < -0.3 is 5.11 Å². The monoisotopic (exact) mass is 374 g/mol. The van der Waals surface area contributed by atoms with E-state index in [4.69, 9.17) is 69.6 Å². The fourth-order valence-electron chi connectivity index (χ4n) is 1.60. The number of aromatic hydroxyl groups is 1. The Balaban J connectivity index is 2.84. The van der Waals surface area contributed by atoms with Crippen molar-refractivity contribution in [1.82, 2.24) is 0 Å². The van der Waals surface area contributed by atoms with E-state index in [-0.39, 0.29) is 36.4 Å². The molecule has 0 aliphatic rings. The zero-order valence-electron chi connectivity index (χ0n) is 8.95. The third-order valence-corrected chi connectivity index (χ3v) is 4.29. The fourth-order valence-corrected chi connectivity index (χ4v) is 3.30. The van der Waals surface area contributed by atoms with Gasteiger partial charge in [0.2, 0.25) is 0 Å². The van der Waals surface area contributed by atoms with E-state index in [1.54, 1.807) is 0 Å². The Kier molecular flexibility index (Phi) is 4.67. The van der Waals surface area contributed by atoms with Crippen molar-refractivity contribution in [2.45, 2.75) is 0 Å². The van der Waals surface area contributed by atoms with Gasteiger partial charge in [0.05, 0.1) is 20.1 Å². The second-order valence-corrected chi connectivity index (χ2v) is 6.07. The van der Waals surface area contributed by atoms with Crippen LogP contribution in [0.1, 0.15) is 0 Å². The van der Waals surface area contributed by atoms with Crippen LogP contribution >= 0.6 is 69.6 Å². The molecule has 0 fully saturated rings. The number of rotatable bonds is 1. The van der Waals surface area contributed by atoms with Crippen LogP contribution in [0.4, 0.5) is 0 Å². The predicted octanol–water partition coefficient (Wildman–Crippen LogP) is 6.98. The highest BCUT2D eigenvalue weighted by Crippen LogP contribution is 2.49. The van der Waals surface area contributed by atoms with E-state index in [9.17, 15) is 5.11 Å². The summed E-state index contributed by atoms with van der Waals surface area (Å²) >= 11 is 35.8. The van der Waals surface area contributed by atoms with Crippen LogP contribution < -0.4 is 0 Å². The number of halogens is 6. The molecule has 0 saturated carbocycles. The Hall–Kier alpha value is -0.0200. The van der Waals surface area contributed by atoms with Gasteiger partial charge in [0.1, 0.15) is 10.8 Å². The topological polar surface area (TPSA) is 20.2 Å². The van der Waals surface area contributed by atoms with Gasteiger partial charge >= 0.3 is 0 Å². The van der Waals surface area contributed by atoms with Crippen molar-refractivity contribution in [3.05, 3.63) is 48.3 Å². The maximum atomic E-state index is 10.1. The highest BCUT2D eigenvalue weighted by molar-refractivity contribution is 6.47. The lowest BCUT2D eigenvalue weighted by molar-refractivity contribution is 0.477. The Labute approximate surface area is 139 Å². The van der Waals surface area contributed by atoms with Crippen molar-refractivity contribution in [2.24, 2.45) is 0 Å². The minimum absolute atomic E-state index is 0.0249. The summed E-state index contributed by atoms with van der Waals surface area (Å²) < 4.78 is 0. The van der Waals surface area contributed by atoms with Crippen molar-refractivity contribution in [3.63, 3.8) is 0 Å². The second kappa shape index (κ2) is 5.77. The van der Waals surface area contributed by atoms with E-state index >= 15 is 0 Å². The Morgan fingerprint density at radius 3 is 1.63 bits per heavy atom. The van der Waals surface area contributed by atoms with Crippen LogP contribution in [-0.2, 0) is 0 Å². The summed E-state index contributed by atoms with van der Waals surface area (Å²) in [5.41, 5.74) is 0.552. The first-order chi connectivity index (χ1) is 8.82. The van der Waals surface area contributed by atoms with Gasteiger partial charge in [-0.15, -0.1) is 0 Å². The molecule has 2 aromatic carbocycles. The Morgan fingerprint density at radius 1 is 0.632 bits per heavy atom. The van der Waals surface area contributed by atoms with E-state index in [1.165, 1.54) is 18.2 Å². The van der Waals surface area contributed by atoms with E-state index in [1.807, 2.05) is 0 Å². The van der Waals surface area contributed by atoms with Gasteiger partial charge in [0.15, 0.2) is 0 Å². The van der Waals surface area contributed by atoms with Crippen molar-refractivity contribution in [2.75, 3.05) is 0 Å². The molecule has 19 heavy (non-hydrogen) atoms. The average Bonchev–Trinajstić information content (AvgIpc) is 2.29. The summed E-state index contributed by atoms with van der Waals surface area (Å²) in [6.45, 7) is 0. The molecular weight excluding hydrogens is 373 g/mol. The third-order valence-electron chi connectivity index (χ3n) is 2.40. The molecule has 1 N–H and O–H groups in total. The van der Waals surface area contributed by atoms with Crippen LogP contribution in [0.2, 0.25) is 30.1 Å². The molecule has 0 atom stereocenters. The molecule has 0 amide bonds. The molecule has 0 aliphatic carbocycles. The van der Waals surface area contributed by atoms with Gasteiger partial charge in [0.25, 0.3) is 0 Å². The number of hydrogen-bond acceptors (Lipinski definition) is 1. The lowest BCUT2D eigenvalue weighted by Gasteiger charge is -2.13. The zero-order chi connectivity index (χ0) is 14.3. The van der Waals surface area contributed by atoms with Crippen molar-refractivity contribution >= 4 is 69.6 Å². The average molecular weight is 377 g/mol. The molecular formula is C12H4Cl6O. The van der Waals surface area contributed by atoms with E-state index in [0.29, 0.717) is 10.6 Å². The SMILES string of the molecule is Oc1c(Cl)c(Cl)cc(Cl)c1-c1c(Cl)cc(Cl)cc1Cl. The first-order valence-corrected chi connectivity index (χ1v) is 7.11. The Bertz CT molecular complexity index is 645. The molecule has 0 bridgehead atoms. The summed E-state index contributed by atoms with van der Waals surface area (Å²) in [6, 6.07) is 4.38. The van der Waals surface area contributed by atoms with Crippen LogP contribution in [0, 0.1) is 0 Å². The van der Waals surface area contributed by atoms with E-state index in [0.717, 1.165) is 0 Å². The van der Waals surface area contributed by atoms with Crippen LogP contribution in [0.3, 0.4) is 0 Å². The van der Waals surface area contributed by atoms with Crippen molar-refractivity contribution in [3.8, 4) is 16.9 Å². The molecule has 0 aliphatic heterocycles. The van der Waals surface area contributed by atoms with Crippen LogP contribution in [0.25, 0.3) is 11.1 Å². The van der Waals surface area contributed by atoms with Crippen molar-refractivity contribution in [1.29, 1.82) is 0 Å². The first kappa shape index (κ1) is 15.4. The number of hydrogen-bond donors (Lipinski definition) is 1. The number of phenols is 1. The van der Waals surface area contributed by atoms with Gasteiger partial charge in [-0.1, -0.05) is 69.6 Å². The largest absolute Gasteiger partial charge is 0.506 e. The first-order valence-electron chi connectivity index (χ1n) is 4.84. The van der Waals surface area contributed by atoms with Gasteiger partial charge in [-0.25, -0.2) is 0 Å². The minimum Gasteiger partial charge on any atom is -0.506 e. The highest BCUT2D eigenvalue weighted by atomic mass is 35.5. The zero-order valence-corrected chi connectivity index (χ0v) is 13.5. The molecule has 0 unspecified atom stereocenters. The van der Waals surface area contributed by atoms with Crippen molar-refractivity contribution < 1.29 is 5.11 Å². The molecule has 0 radical (unpaired) electrons. The molecule has 0 aromatic heterocycles. The molecule has 0 saturated heterocycles. The minimum atomic E-state index is -0.287. The molecule has 7 heteroatoms. The number of phenolic OH excluding ortho intramolecular Hbond substituents is 1. The lowest BCUT2D eigenvalue weighted by Crippen LogP contribution is -1.87. The fraction of sp³-hybridized carbons (Fsp3) is 0. The summed E-state index contributed by atoms with van der Waals surface area (Å²) in [5, 5.41) is 11.2. The smallest absolute Gasteiger partial charge is 0.145 e. The summed E-state index contributed by atoms with van der Waals surface area (Å²) in [5.74, 6) is -0.287. The standard InChI is InChI=1S/C12H4Cl6O/c13-4-1-5(14)9(6(15)2-4)10-7(16)3-8(17)11(18)12(10)19/h1-3,19H. The lowest BCUT2D eigenvalue weighted by atomic mass is 10.0.